The molecule has 1 saturated carbocycles. The van der Waals surface area contributed by atoms with Crippen LogP contribution in [0.2, 0.25) is 0 Å². The fourth-order valence-electron chi connectivity index (χ4n) is 4.29. The lowest BCUT2D eigenvalue weighted by atomic mass is 9.89. The highest BCUT2D eigenvalue weighted by atomic mass is 32.2. The molecular weight excluding hydrogens is 378 g/mol. The molecule has 27 heavy (non-hydrogen) atoms. The summed E-state index contributed by atoms with van der Waals surface area (Å²) in [7, 11) is 0. The molecule has 1 N–H and O–H groups in total. The molecular formula is C19H23N5OS2. The smallest absolute Gasteiger partial charge is 0.230 e. The number of aromatic nitrogens is 4. The van der Waals surface area contributed by atoms with Gasteiger partial charge in [0.15, 0.2) is 10.8 Å². The number of amides is 1. The highest BCUT2D eigenvalue weighted by Gasteiger charge is 2.24. The van der Waals surface area contributed by atoms with Gasteiger partial charge in [-0.15, -0.1) is 21.5 Å². The van der Waals surface area contributed by atoms with E-state index in [2.05, 4.69) is 27.4 Å². The maximum atomic E-state index is 12.2. The maximum absolute atomic E-state index is 12.2. The predicted molar refractivity (Wildman–Crippen MR) is 108 cm³/mol. The number of rotatable bonds is 4. The monoisotopic (exact) mass is 401 g/mol. The lowest BCUT2D eigenvalue weighted by molar-refractivity contribution is -0.119. The second-order valence-corrected chi connectivity index (χ2v) is 9.82. The number of hydrogen-bond donors (Lipinski definition) is 1. The molecule has 142 valence electrons. The van der Waals surface area contributed by atoms with Crippen molar-refractivity contribution < 1.29 is 4.79 Å². The van der Waals surface area contributed by atoms with Gasteiger partial charge in [-0.2, -0.15) is 0 Å². The Labute approximate surface area is 166 Å². The Hall–Kier alpha value is -1.67. The Balaban J connectivity index is 1.39. The zero-order valence-corrected chi connectivity index (χ0v) is 17.0. The third-order valence-corrected chi connectivity index (χ3v) is 7.83. The first-order valence-electron chi connectivity index (χ1n) is 9.75. The van der Waals surface area contributed by atoms with Gasteiger partial charge in [-0.1, -0.05) is 31.5 Å². The molecule has 0 aliphatic heterocycles. The van der Waals surface area contributed by atoms with Crippen molar-refractivity contribution in [1.82, 2.24) is 24.9 Å². The molecule has 1 fully saturated rings. The van der Waals surface area contributed by atoms with E-state index in [0.29, 0.717) is 11.8 Å². The molecule has 3 heterocycles. The lowest BCUT2D eigenvalue weighted by Crippen LogP contribution is -2.33. The third-order valence-electron chi connectivity index (χ3n) is 5.72. The quantitative estimate of drug-likeness (QED) is 0.676. The SMILES string of the molecule is C[C@H]1CCc2c(sc3ncn4c(SCC(=O)NC5CCCC5)nnc4c23)C1. The van der Waals surface area contributed by atoms with Crippen LogP contribution in [0.4, 0.5) is 0 Å². The van der Waals surface area contributed by atoms with Crippen LogP contribution in [0, 0.1) is 5.92 Å². The summed E-state index contributed by atoms with van der Waals surface area (Å²) in [6.07, 6.45) is 9.91. The van der Waals surface area contributed by atoms with Crippen LogP contribution in [0.1, 0.15) is 49.5 Å². The van der Waals surface area contributed by atoms with Crippen molar-refractivity contribution in [2.45, 2.75) is 63.1 Å². The first-order chi connectivity index (χ1) is 13.2. The number of nitrogens with one attached hydrogen (secondary N) is 1. The highest BCUT2D eigenvalue weighted by Crippen LogP contribution is 2.39. The Bertz CT molecular complexity index is 1000. The molecule has 5 rings (SSSR count). The van der Waals surface area contributed by atoms with Crippen molar-refractivity contribution in [3.63, 3.8) is 0 Å². The summed E-state index contributed by atoms with van der Waals surface area (Å²) >= 11 is 3.24. The van der Waals surface area contributed by atoms with Crippen LogP contribution in [0.15, 0.2) is 11.5 Å². The predicted octanol–water partition coefficient (Wildman–Crippen LogP) is 3.61. The Morgan fingerprint density at radius 2 is 2.19 bits per heavy atom. The van der Waals surface area contributed by atoms with Crippen LogP contribution in [-0.4, -0.2) is 37.3 Å². The Morgan fingerprint density at radius 1 is 1.33 bits per heavy atom. The van der Waals surface area contributed by atoms with Crippen LogP contribution in [-0.2, 0) is 17.6 Å². The minimum Gasteiger partial charge on any atom is -0.353 e. The van der Waals surface area contributed by atoms with E-state index >= 15 is 0 Å². The maximum Gasteiger partial charge on any atom is 0.230 e. The van der Waals surface area contributed by atoms with E-state index < -0.39 is 0 Å². The molecule has 0 bridgehead atoms. The lowest BCUT2D eigenvalue weighted by Gasteiger charge is -2.17. The van der Waals surface area contributed by atoms with Gasteiger partial charge in [-0.3, -0.25) is 9.20 Å². The molecule has 0 spiro atoms. The van der Waals surface area contributed by atoms with Gasteiger partial charge in [0.1, 0.15) is 11.2 Å². The highest BCUT2D eigenvalue weighted by molar-refractivity contribution is 7.99. The van der Waals surface area contributed by atoms with Gasteiger partial charge in [-0.25, -0.2) is 4.98 Å². The molecule has 3 aromatic heterocycles. The number of thioether (sulfide) groups is 1. The van der Waals surface area contributed by atoms with E-state index in [4.69, 9.17) is 0 Å². The zero-order valence-electron chi connectivity index (χ0n) is 15.4. The molecule has 0 radical (unpaired) electrons. The summed E-state index contributed by atoms with van der Waals surface area (Å²) in [6.45, 7) is 2.32. The van der Waals surface area contributed by atoms with E-state index in [-0.39, 0.29) is 5.91 Å². The van der Waals surface area contributed by atoms with Crippen molar-refractivity contribution in [3.05, 3.63) is 16.8 Å². The van der Waals surface area contributed by atoms with Crippen LogP contribution >= 0.6 is 23.1 Å². The number of carbonyl (C=O) groups excluding carboxylic acids is 1. The fraction of sp³-hybridized carbons (Fsp3) is 0.579. The molecule has 0 saturated heterocycles. The standard InChI is InChI=1S/C19H23N5OS2/c1-11-6-7-13-14(8-11)27-18-16(13)17-22-23-19(24(17)10-20-18)26-9-15(25)21-12-4-2-3-5-12/h10-12H,2-9H2,1H3,(H,21,25)/t11-/m0/s1. The second kappa shape index (κ2) is 7.05. The average molecular weight is 402 g/mol. The van der Waals surface area contributed by atoms with Crippen LogP contribution < -0.4 is 5.32 Å². The number of hydrogen-bond acceptors (Lipinski definition) is 6. The Kier molecular flexibility index (Phi) is 4.55. The van der Waals surface area contributed by atoms with Gasteiger partial charge in [0, 0.05) is 10.9 Å². The van der Waals surface area contributed by atoms with E-state index in [1.54, 1.807) is 17.7 Å². The van der Waals surface area contributed by atoms with Gasteiger partial charge < -0.3 is 5.32 Å². The largest absolute Gasteiger partial charge is 0.353 e. The number of fused-ring (bicyclic) bond motifs is 5. The van der Waals surface area contributed by atoms with Crippen LogP contribution in [0.25, 0.3) is 15.9 Å². The summed E-state index contributed by atoms with van der Waals surface area (Å²) < 4.78 is 1.95. The topological polar surface area (TPSA) is 72.2 Å². The van der Waals surface area contributed by atoms with E-state index in [0.717, 1.165) is 47.2 Å². The van der Waals surface area contributed by atoms with Crippen molar-refractivity contribution >= 4 is 44.9 Å². The number of thiophene rings is 1. The molecule has 6 nitrogen and oxygen atoms in total. The van der Waals surface area contributed by atoms with E-state index in [1.807, 2.05) is 4.40 Å². The zero-order chi connectivity index (χ0) is 18.4. The van der Waals surface area contributed by atoms with Crippen molar-refractivity contribution in [1.29, 1.82) is 0 Å². The summed E-state index contributed by atoms with van der Waals surface area (Å²) in [5, 5.41) is 13.8. The fourth-order valence-corrected chi connectivity index (χ4v) is 6.35. The molecule has 2 aliphatic carbocycles. The van der Waals surface area contributed by atoms with Gasteiger partial charge in [0.2, 0.25) is 5.91 Å². The molecule has 1 atom stereocenters. The summed E-state index contributed by atoms with van der Waals surface area (Å²) in [5.74, 6) is 1.19. The van der Waals surface area contributed by atoms with Gasteiger partial charge in [0.25, 0.3) is 0 Å². The van der Waals surface area contributed by atoms with Gasteiger partial charge in [-0.05, 0) is 43.6 Å². The first kappa shape index (κ1) is 17.4. The van der Waals surface area contributed by atoms with Crippen molar-refractivity contribution in [2.75, 3.05) is 5.75 Å². The average Bonchev–Trinajstić information content (AvgIpc) is 3.37. The number of carbonyl (C=O) groups is 1. The van der Waals surface area contributed by atoms with Crippen molar-refractivity contribution in [2.24, 2.45) is 5.92 Å². The van der Waals surface area contributed by atoms with Crippen LogP contribution in [0.5, 0.6) is 0 Å². The number of aryl methyl sites for hydroxylation is 1. The first-order valence-corrected chi connectivity index (χ1v) is 11.6. The van der Waals surface area contributed by atoms with E-state index in [9.17, 15) is 4.79 Å². The third kappa shape index (κ3) is 3.23. The summed E-state index contributed by atoms with van der Waals surface area (Å²) in [5.41, 5.74) is 2.29. The molecule has 8 heteroatoms. The van der Waals surface area contributed by atoms with Crippen molar-refractivity contribution in [3.8, 4) is 0 Å². The molecule has 3 aromatic rings. The molecule has 0 aromatic carbocycles. The second-order valence-electron chi connectivity index (χ2n) is 7.79. The number of nitrogens with zero attached hydrogens (tertiary/aromatic N) is 4. The van der Waals surface area contributed by atoms with Gasteiger partial charge >= 0.3 is 0 Å². The van der Waals surface area contributed by atoms with E-state index in [1.165, 1.54) is 46.9 Å². The molecule has 0 unspecified atom stereocenters. The Morgan fingerprint density at radius 3 is 3.04 bits per heavy atom. The van der Waals surface area contributed by atoms with Crippen LogP contribution in [0.3, 0.4) is 0 Å². The molecule has 1 amide bonds. The normalized spacial score (nSPS) is 20.4. The minimum atomic E-state index is 0.0830. The van der Waals surface area contributed by atoms with Gasteiger partial charge in [0.05, 0.1) is 11.1 Å². The minimum absolute atomic E-state index is 0.0830. The molecule has 2 aliphatic rings. The summed E-state index contributed by atoms with van der Waals surface area (Å²) in [4.78, 5) is 19.4. The summed E-state index contributed by atoms with van der Waals surface area (Å²) in [6, 6.07) is 0.356.